The second-order valence-corrected chi connectivity index (χ2v) is 9.01. The van der Waals surface area contributed by atoms with Crippen LogP contribution >= 0.6 is 0 Å². The Kier molecular flexibility index (Phi) is 7.16. The Morgan fingerprint density at radius 2 is 1.65 bits per heavy atom. The smallest absolute Gasteiger partial charge is 0.336 e. The number of imidazole rings is 1. The van der Waals surface area contributed by atoms with E-state index in [1.165, 1.54) is 0 Å². The lowest BCUT2D eigenvalue weighted by atomic mass is 9.98. The highest BCUT2D eigenvalue weighted by Crippen LogP contribution is 2.24. The predicted octanol–water partition coefficient (Wildman–Crippen LogP) is 5.31. The number of carbonyl (C=O) groups is 1. The summed E-state index contributed by atoms with van der Waals surface area (Å²) in [4.78, 5) is 24.6. The van der Waals surface area contributed by atoms with Crippen LogP contribution in [-0.2, 0) is 19.5 Å². The first-order valence-corrected chi connectivity index (χ1v) is 11.0. The van der Waals surface area contributed by atoms with Gasteiger partial charge in [0, 0.05) is 18.4 Å². The minimum absolute atomic E-state index is 0.0385. The predicted molar refractivity (Wildman–Crippen MR) is 125 cm³/mol. The molecule has 0 radical (unpaired) electrons. The van der Waals surface area contributed by atoms with E-state index in [4.69, 9.17) is 0 Å². The third kappa shape index (κ3) is 5.54. The monoisotopic (exact) mass is 420 g/mol. The van der Waals surface area contributed by atoms with Crippen LogP contribution in [0.1, 0.15) is 55.7 Å². The van der Waals surface area contributed by atoms with E-state index in [0.717, 1.165) is 36.2 Å². The van der Waals surface area contributed by atoms with E-state index in [0.29, 0.717) is 23.9 Å². The van der Waals surface area contributed by atoms with Crippen molar-refractivity contribution in [3.63, 3.8) is 0 Å². The van der Waals surface area contributed by atoms with Crippen LogP contribution < -0.4 is 5.69 Å². The highest BCUT2D eigenvalue weighted by molar-refractivity contribution is 5.95. The van der Waals surface area contributed by atoms with E-state index in [2.05, 4.69) is 27.7 Å². The third-order valence-electron chi connectivity index (χ3n) is 5.46. The zero-order chi connectivity index (χ0) is 22.5. The van der Waals surface area contributed by atoms with Gasteiger partial charge in [-0.05, 0) is 47.4 Å². The largest absolute Gasteiger partial charge is 0.478 e. The van der Waals surface area contributed by atoms with Gasteiger partial charge in [0.1, 0.15) is 0 Å². The summed E-state index contributed by atoms with van der Waals surface area (Å²) in [5.41, 5.74) is 3.95. The summed E-state index contributed by atoms with van der Waals surface area (Å²) in [6.45, 7) is 9.90. The number of aromatic nitrogens is 2. The van der Waals surface area contributed by atoms with Crippen molar-refractivity contribution in [1.82, 2.24) is 9.13 Å². The zero-order valence-electron chi connectivity index (χ0n) is 18.8. The van der Waals surface area contributed by atoms with Crippen molar-refractivity contribution in [2.24, 2.45) is 11.8 Å². The molecule has 3 aromatic rings. The Hall–Kier alpha value is -3.08. The van der Waals surface area contributed by atoms with Gasteiger partial charge in [0.2, 0.25) is 0 Å². The third-order valence-corrected chi connectivity index (χ3v) is 5.46. The van der Waals surface area contributed by atoms with E-state index in [1.807, 2.05) is 51.7 Å². The Labute approximate surface area is 184 Å². The van der Waals surface area contributed by atoms with Gasteiger partial charge in [0.25, 0.3) is 0 Å². The van der Waals surface area contributed by atoms with Crippen LogP contribution in [-0.4, -0.2) is 20.2 Å². The summed E-state index contributed by atoms with van der Waals surface area (Å²) >= 11 is 0. The van der Waals surface area contributed by atoms with Gasteiger partial charge in [0.15, 0.2) is 0 Å². The maximum Gasteiger partial charge on any atom is 0.336 e. The Morgan fingerprint density at radius 3 is 2.26 bits per heavy atom. The first-order chi connectivity index (χ1) is 14.8. The lowest BCUT2D eigenvalue weighted by Crippen LogP contribution is -2.26. The normalized spacial score (nSPS) is 11.4. The summed E-state index contributed by atoms with van der Waals surface area (Å²) < 4.78 is 3.72. The molecule has 0 atom stereocenters. The van der Waals surface area contributed by atoms with E-state index in [1.54, 1.807) is 12.1 Å². The summed E-state index contributed by atoms with van der Waals surface area (Å²) in [6, 6.07) is 14.8. The summed E-state index contributed by atoms with van der Waals surface area (Å²) in [6.07, 6.45) is 3.85. The van der Waals surface area contributed by atoms with Gasteiger partial charge in [-0.1, -0.05) is 70.2 Å². The van der Waals surface area contributed by atoms with Crippen molar-refractivity contribution < 1.29 is 9.90 Å². The molecule has 5 heteroatoms. The lowest BCUT2D eigenvalue weighted by molar-refractivity contribution is 0.0697. The van der Waals surface area contributed by atoms with E-state index in [-0.39, 0.29) is 11.3 Å². The number of hydrogen-bond acceptors (Lipinski definition) is 2. The molecule has 2 aromatic carbocycles. The topological polar surface area (TPSA) is 64.2 Å². The van der Waals surface area contributed by atoms with Crippen LogP contribution in [0.5, 0.6) is 0 Å². The van der Waals surface area contributed by atoms with Crippen LogP contribution in [0.2, 0.25) is 0 Å². The van der Waals surface area contributed by atoms with Gasteiger partial charge >= 0.3 is 11.7 Å². The zero-order valence-corrected chi connectivity index (χ0v) is 18.8. The molecule has 0 fully saturated rings. The minimum atomic E-state index is -0.938. The molecule has 0 bridgehead atoms. The van der Waals surface area contributed by atoms with Crippen molar-refractivity contribution in [3.05, 3.63) is 82.0 Å². The van der Waals surface area contributed by atoms with Crippen LogP contribution in [0.3, 0.4) is 0 Å². The summed E-state index contributed by atoms with van der Waals surface area (Å²) in [7, 11) is 0. The van der Waals surface area contributed by atoms with Crippen LogP contribution in [0.15, 0.2) is 59.5 Å². The molecule has 0 aliphatic heterocycles. The van der Waals surface area contributed by atoms with Crippen LogP contribution in [0.4, 0.5) is 0 Å². The number of hydrogen-bond donors (Lipinski definition) is 1. The second-order valence-electron chi connectivity index (χ2n) is 9.01. The second kappa shape index (κ2) is 9.82. The molecule has 5 nitrogen and oxygen atoms in total. The van der Waals surface area contributed by atoms with Crippen molar-refractivity contribution >= 4 is 5.97 Å². The highest BCUT2D eigenvalue weighted by Gasteiger charge is 2.14. The Bertz CT molecular complexity index is 1090. The van der Waals surface area contributed by atoms with Gasteiger partial charge in [-0.2, -0.15) is 0 Å². The molecule has 3 rings (SSSR count). The number of benzene rings is 2. The average Bonchev–Trinajstić information content (AvgIpc) is 3.01. The molecule has 0 saturated carbocycles. The number of nitrogens with zero attached hydrogens (tertiary/aromatic N) is 2. The van der Waals surface area contributed by atoms with E-state index >= 15 is 0 Å². The molecule has 1 aromatic heterocycles. The molecule has 0 amide bonds. The molecule has 0 spiro atoms. The molecule has 0 aliphatic rings. The Morgan fingerprint density at radius 1 is 0.968 bits per heavy atom. The van der Waals surface area contributed by atoms with Gasteiger partial charge in [-0.25, -0.2) is 9.59 Å². The molecule has 0 aliphatic carbocycles. The fourth-order valence-corrected chi connectivity index (χ4v) is 3.78. The fourth-order valence-electron chi connectivity index (χ4n) is 3.78. The number of aryl methyl sites for hydroxylation is 1. The molecule has 0 unspecified atom stereocenters. The summed E-state index contributed by atoms with van der Waals surface area (Å²) in [5, 5.41) is 9.45. The number of aromatic carboxylic acids is 1. The first-order valence-electron chi connectivity index (χ1n) is 11.0. The van der Waals surface area contributed by atoms with E-state index < -0.39 is 5.97 Å². The molecular formula is C26H32N2O3. The van der Waals surface area contributed by atoms with Crippen LogP contribution in [0, 0.1) is 11.8 Å². The molecular weight excluding hydrogens is 388 g/mol. The van der Waals surface area contributed by atoms with Crippen molar-refractivity contribution in [2.75, 3.05) is 0 Å². The van der Waals surface area contributed by atoms with Gasteiger partial charge in [-0.3, -0.25) is 9.13 Å². The maximum absolute atomic E-state index is 13.1. The fraction of sp³-hybridized carbons (Fsp3) is 0.385. The molecule has 1 heterocycles. The maximum atomic E-state index is 13.1. The first kappa shape index (κ1) is 22.6. The van der Waals surface area contributed by atoms with Crippen molar-refractivity contribution in [1.29, 1.82) is 0 Å². The van der Waals surface area contributed by atoms with Crippen molar-refractivity contribution in [3.8, 4) is 11.1 Å². The standard InChI is InChI=1S/C26H32N2O3/c1-18(2)13-14-27-17-22(15-19(3)4)28(26(27)31)16-20-9-11-21(12-10-20)23-7-5-6-8-24(23)25(29)30/h5-12,17-19H,13-16H2,1-4H3,(H,29,30). The van der Waals surface area contributed by atoms with Crippen LogP contribution in [0.25, 0.3) is 11.1 Å². The summed E-state index contributed by atoms with van der Waals surface area (Å²) in [5.74, 6) is 0.0683. The average molecular weight is 421 g/mol. The Balaban J connectivity index is 1.89. The SMILES string of the molecule is CC(C)CCn1cc(CC(C)C)n(Cc2ccc(-c3ccccc3C(=O)O)cc2)c1=O. The quantitative estimate of drug-likeness (QED) is 0.510. The van der Waals surface area contributed by atoms with Gasteiger partial charge in [-0.15, -0.1) is 0 Å². The van der Waals surface area contributed by atoms with Crippen molar-refractivity contribution in [2.45, 2.75) is 53.6 Å². The lowest BCUT2D eigenvalue weighted by Gasteiger charge is -2.11. The van der Waals surface area contributed by atoms with Gasteiger partial charge < -0.3 is 5.11 Å². The number of carboxylic acid groups (broad SMARTS) is 1. The number of rotatable bonds is 9. The molecule has 164 valence electrons. The number of carboxylic acids is 1. The molecule has 0 saturated heterocycles. The van der Waals surface area contributed by atoms with Gasteiger partial charge in [0.05, 0.1) is 12.1 Å². The molecule has 1 N–H and O–H groups in total. The van der Waals surface area contributed by atoms with E-state index in [9.17, 15) is 14.7 Å². The molecule has 31 heavy (non-hydrogen) atoms. The minimum Gasteiger partial charge on any atom is -0.478 e. The highest BCUT2D eigenvalue weighted by atomic mass is 16.4.